The fourth-order valence-corrected chi connectivity index (χ4v) is 6.50. The number of ether oxygens (including phenoxy) is 1. The first-order valence-electron chi connectivity index (χ1n) is 14.5. The SMILES string of the molecule is CN1CCN2c3ccc(-c4n[nH]c5cc(C#N)c(-c6c(F)cc(NC(=O)CN7CCCC7)cc6F)cc45)cc3OCC2C1. The summed E-state index contributed by atoms with van der Waals surface area (Å²) < 4.78 is 37.2. The molecule has 1 unspecified atom stereocenters. The molecule has 0 aliphatic carbocycles. The van der Waals surface area contributed by atoms with Crippen LogP contribution in [-0.2, 0) is 4.79 Å². The zero-order valence-electron chi connectivity index (χ0n) is 23.8. The number of hydrogen-bond donors (Lipinski definition) is 2. The molecule has 1 amide bonds. The number of aromatic amines is 1. The Balaban J connectivity index is 1.22. The number of nitrogens with zero attached hydrogens (tertiary/aromatic N) is 5. The number of fused-ring (bicyclic) bond motifs is 4. The lowest BCUT2D eigenvalue weighted by atomic mass is 9.95. The highest BCUT2D eigenvalue weighted by Crippen LogP contribution is 2.41. The van der Waals surface area contributed by atoms with Crippen LogP contribution in [0.3, 0.4) is 0 Å². The van der Waals surface area contributed by atoms with Crippen molar-refractivity contribution in [2.45, 2.75) is 18.9 Å². The monoisotopic (exact) mass is 583 g/mol. The van der Waals surface area contributed by atoms with Gasteiger partial charge in [-0.2, -0.15) is 10.4 Å². The minimum absolute atomic E-state index is 0.0307. The van der Waals surface area contributed by atoms with E-state index in [4.69, 9.17) is 4.74 Å². The molecule has 2 N–H and O–H groups in total. The molecule has 0 spiro atoms. The van der Waals surface area contributed by atoms with E-state index in [1.807, 2.05) is 23.1 Å². The smallest absolute Gasteiger partial charge is 0.238 e. The maximum atomic E-state index is 15.5. The van der Waals surface area contributed by atoms with Crippen molar-refractivity contribution in [1.29, 1.82) is 5.26 Å². The predicted octanol–water partition coefficient (Wildman–Crippen LogP) is 4.59. The van der Waals surface area contributed by atoms with Crippen LogP contribution in [0, 0.1) is 23.0 Å². The van der Waals surface area contributed by atoms with Crippen LogP contribution >= 0.6 is 0 Å². The number of amides is 1. The summed E-state index contributed by atoms with van der Waals surface area (Å²) in [5, 5.41) is 20.6. The second-order valence-electron chi connectivity index (χ2n) is 11.6. The number of likely N-dealkylation sites (N-methyl/N-ethyl adjacent to an activating group) is 1. The van der Waals surface area contributed by atoms with Crippen LogP contribution in [0.4, 0.5) is 20.2 Å². The molecular formula is C32H31F2N7O2. The van der Waals surface area contributed by atoms with Gasteiger partial charge in [0.1, 0.15) is 29.7 Å². The molecular weight excluding hydrogens is 552 g/mol. The van der Waals surface area contributed by atoms with Crippen LogP contribution in [0.2, 0.25) is 0 Å². The Labute approximate surface area is 247 Å². The molecule has 4 heterocycles. The highest BCUT2D eigenvalue weighted by Gasteiger charge is 2.32. The molecule has 0 bridgehead atoms. The highest BCUT2D eigenvalue weighted by molar-refractivity contribution is 5.98. The number of carbonyl (C=O) groups is 1. The van der Waals surface area contributed by atoms with Gasteiger partial charge in [-0.15, -0.1) is 0 Å². The maximum absolute atomic E-state index is 15.5. The minimum atomic E-state index is -0.874. The summed E-state index contributed by atoms with van der Waals surface area (Å²) in [6, 6.07) is 13.6. The predicted molar refractivity (Wildman–Crippen MR) is 160 cm³/mol. The number of rotatable bonds is 5. The van der Waals surface area contributed by atoms with E-state index in [-0.39, 0.29) is 34.8 Å². The number of anilines is 2. The van der Waals surface area contributed by atoms with E-state index >= 15 is 8.78 Å². The number of benzene rings is 3. The summed E-state index contributed by atoms with van der Waals surface area (Å²) in [7, 11) is 2.12. The Bertz CT molecular complexity index is 1750. The first kappa shape index (κ1) is 27.3. The van der Waals surface area contributed by atoms with Crippen LogP contribution in [-0.4, -0.2) is 84.9 Å². The van der Waals surface area contributed by atoms with Gasteiger partial charge >= 0.3 is 0 Å². The minimum Gasteiger partial charge on any atom is -0.489 e. The Morgan fingerprint density at radius 2 is 1.91 bits per heavy atom. The van der Waals surface area contributed by atoms with Crippen LogP contribution in [0.1, 0.15) is 18.4 Å². The fourth-order valence-electron chi connectivity index (χ4n) is 6.50. The lowest BCUT2D eigenvalue weighted by Crippen LogP contribution is -2.56. The quantitative estimate of drug-likeness (QED) is 0.355. The molecule has 9 nitrogen and oxygen atoms in total. The molecule has 0 radical (unpaired) electrons. The van der Waals surface area contributed by atoms with E-state index in [0.29, 0.717) is 29.2 Å². The molecule has 0 saturated carbocycles. The van der Waals surface area contributed by atoms with E-state index < -0.39 is 11.6 Å². The number of carbonyl (C=O) groups excluding carboxylic acids is 1. The number of likely N-dealkylation sites (tertiary alicyclic amines) is 1. The number of piperazine rings is 1. The van der Waals surface area contributed by atoms with Crippen molar-refractivity contribution >= 4 is 28.2 Å². The molecule has 2 fully saturated rings. The summed E-state index contributed by atoms with van der Waals surface area (Å²) in [5.41, 5.74) is 2.88. The van der Waals surface area contributed by atoms with Crippen LogP contribution in [0.15, 0.2) is 42.5 Å². The van der Waals surface area contributed by atoms with E-state index in [2.05, 4.69) is 38.4 Å². The van der Waals surface area contributed by atoms with Gasteiger partial charge < -0.3 is 19.9 Å². The van der Waals surface area contributed by atoms with E-state index in [9.17, 15) is 10.1 Å². The molecule has 3 aliphatic heterocycles. The number of halogens is 2. The molecule has 2 saturated heterocycles. The molecule has 3 aliphatic rings. The number of H-pyrrole nitrogens is 1. The highest BCUT2D eigenvalue weighted by atomic mass is 19.1. The van der Waals surface area contributed by atoms with Crippen LogP contribution < -0.4 is 15.0 Å². The normalized spacial score (nSPS) is 18.7. The van der Waals surface area contributed by atoms with Gasteiger partial charge in [0, 0.05) is 41.8 Å². The summed E-state index contributed by atoms with van der Waals surface area (Å²) in [6.45, 7) is 5.26. The Kier molecular flexibility index (Phi) is 6.95. The van der Waals surface area contributed by atoms with E-state index in [1.165, 1.54) is 0 Å². The summed E-state index contributed by atoms with van der Waals surface area (Å²) in [6.07, 6.45) is 2.07. The molecule has 1 atom stereocenters. The zero-order chi connectivity index (χ0) is 29.7. The van der Waals surface area contributed by atoms with Crippen molar-refractivity contribution in [1.82, 2.24) is 20.0 Å². The third kappa shape index (κ3) is 5.07. The van der Waals surface area contributed by atoms with E-state index in [0.717, 1.165) is 74.7 Å². The first-order chi connectivity index (χ1) is 20.9. The van der Waals surface area contributed by atoms with Gasteiger partial charge in [0.25, 0.3) is 0 Å². The molecule has 220 valence electrons. The van der Waals surface area contributed by atoms with Gasteiger partial charge in [-0.05, 0) is 69.4 Å². The van der Waals surface area contributed by atoms with Gasteiger partial charge in [-0.25, -0.2) is 8.78 Å². The van der Waals surface area contributed by atoms with Crippen LogP contribution in [0.25, 0.3) is 33.3 Å². The lowest BCUT2D eigenvalue weighted by molar-refractivity contribution is -0.117. The average molecular weight is 584 g/mol. The second-order valence-corrected chi connectivity index (χ2v) is 11.6. The lowest BCUT2D eigenvalue weighted by Gasteiger charge is -2.44. The van der Waals surface area contributed by atoms with Gasteiger partial charge in [0.15, 0.2) is 0 Å². The Morgan fingerprint density at radius 1 is 1.12 bits per heavy atom. The fraction of sp³-hybridized carbons (Fsp3) is 0.344. The summed E-state index contributed by atoms with van der Waals surface area (Å²) in [5.74, 6) is -1.31. The van der Waals surface area contributed by atoms with Gasteiger partial charge in [0.05, 0.1) is 41.0 Å². The molecule has 7 rings (SSSR count). The van der Waals surface area contributed by atoms with Crippen molar-refractivity contribution in [3.63, 3.8) is 0 Å². The number of nitriles is 1. The van der Waals surface area contributed by atoms with Gasteiger partial charge in [0.2, 0.25) is 5.91 Å². The molecule has 1 aromatic heterocycles. The van der Waals surface area contributed by atoms with Crippen molar-refractivity contribution in [3.8, 4) is 34.2 Å². The van der Waals surface area contributed by atoms with Gasteiger partial charge in [-0.1, -0.05) is 6.07 Å². The van der Waals surface area contributed by atoms with Crippen molar-refractivity contribution in [2.75, 3.05) is 63.1 Å². The third-order valence-corrected chi connectivity index (χ3v) is 8.64. The second kappa shape index (κ2) is 10.9. The standard InChI is InChI=1S/C32H31F2N7O2/c1-39-8-9-41-22(16-39)18-43-29-11-19(4-5-28(29)41)32-24-14-23(20(15-35)10-27(24)37-38-32)31-25(33)12-21(13-26(31)34)36-30(42)17-40-6-2-3-7-40/h4-5,10-14,22H,2-3,6-9,16-18H2,1H3,(H,36,42)(H,37,38). The van der Waals surface area contributed by atoms with Crippen molar-refractivity contribution < 1.29 is 18.3 Å². The van der Waals surface area contributed by atoms with Crippen molar-refractivity contribution in [2.24, 2.45) is 0 Å². The number of aromatic nitrogens is 2. The molecule has 3 aromatic carbocycles. The first-order valence-corrected chi connectivity index (χ1v) is 14.5. The third-order valence-electron chi connectivity index (χ3n) is 8.64. The Morgan fingerprint density at radius 3 is 2.67 bits per heavy atom. The molecule has 4 aromatic rings. The van der Waals surface area contributed by atoms with Gasteiger partial charge in [-0.3, -0.25) is 14.8 Å². The van der Waals surface area contributed by atoms with Crippen molar-refractivity contribution in [3.05, 3.63) is 59.7 Å². The Hall–Kier alpha value is -4.53. The van der Waals surface area contributed by atoms with E-state index in [1.54, 1.807) is 12.1 Å². The summed E-state index contributed by atoms with van der Waals surface area (Å²) in [4.78, 5) is 19.1. The molecule has 11 heteroatoms. The molecule has 43 heavy (non-hydrogen) atoms. The average Bonchev–Trinajstić information content (AvgIpc) is 3.65. The maximum Gasteiger partial charge on any atom is 0.238 e. The number of hydrogen-bond acceptors (Lipinski definition) is 7. The van der Waals surface area contributed by atoms with Crippen LogP contribution in [0.5, 0.6) is 5.75 Å². The zero-order valence-corrected chi connectivity index (χ0v) is 23.8. The summed E-state index contributed by atoms with van der Waals surface area (Å²) >= 11 is 0. The largest absolute Gasteiger partial charge is 0.489 e. The topological polar surface area (TPSA) is 101 Å². The number of nitrogens with one attached hydrogen (secondary N) is 2.